The molecule has 1 aliphatic carbocycles. The van der Waals surface area contributed by atoms with Gasteiger partial charge in [-0.25, -0.2) is 4.39 Å². The summed E-state index contributed by atoms with van der Waals surface area (Å²) in [5.41, 5.74) is 6.92. The zero-order valence-corrected chi connectivity index (χ0v) is 8.60. The lowest BCUT2D eigenvalue weighted by molar-refractivity contribution is 0.264. The summed E-state index contributed by atoms with van der Waals surface area (Å²) in [7, 11) is 0. The molecule has 1 fully saturated rings. The van der Waals surface area contributed by atoms with E-state index in [1.807, 2.05) is 0 Å². The lowest BCUT2D eigenvalue weighted by Gasteiger charge is -2.31. The topological polar surface area (TPSA) is 26.0 Å². The predicted molar refractivity (Wildman–Crippen MR) is 55.7 cm³/mol. The summed E-state index contributed by atoms with van der Waals surface area (Å²) in [6.45, 7) is 0. The highest BCUT2D eigenvalue weighted by atomic mass is 35.5. The second kappa shape index (κ2) is 3.87. The Morgan fingerprint density at radius 2 is 2.14 bits per heavy atom. The Balaban J connectivity index is 2.22. The van der Waals surface area contributed by atoms with Gasteiger partial charge in [0, 0.05) is 11.1 Å². The standard InChI is InChI=1S/C11H13ClFN/c12-10-6-8(13)4-5-9(10)11(14)7-2-1-3-7/h4-7,11H,1-3,14H2/t11-/m1/s1. The Morgan fingerprint density at radius 3 is 2.64 bits per heavy atom. The van der Waals surface area contributed by atoms with E-state index in [1.165, 1.54) is 18.6 Å². The number of halogens is 2. The molecule has 0 radical (unpaired) electrons. The number of rotatable bonds is 2. The van der Waals surface area contributed by atoms with E-state index in [9.17, 15) is 4.39 Å². The molecule has 0 saturated heterocycles. The molecule has 0 heterocycles. The van der Waals surface area contributed by atoms with Crippen LogP contribution in [0.1, 0.15) is 30.9 Å². The fraction of sp³-hybridized carbons (Fsp3) is 0.455. The maximum atomic E-state index is 12.8. The number of hydrogen-bond donors (Lipinski definition) is 1. The zero-order valence-electron chi connectivity index (χ0n) is 7.84. The van der Waals surface area contributed by atoms with E-state index >= 15 is 0 Å². The Morgan fingerprint density at radius 1 is 1.43 bits per heavy atom. The van der Waals surface area contributed by atoms with Crippen molar-refractivity contribution in [3.8, 4) is 0 Å². The van der Waals surface area contributed by atoms with Crippen molar-refractivity contribution in [3.63, 3.8) is 0 Å². The minimum absolute atomic E-state index is 0.0307. The molecule has 0 bridgehead atoms. The van der Waals surface area contributed by atoms with Crippen LogP contribution < -0.4 is 5.73 Å². The molecule has 1 saturated carbocycles. The second-order valence-electron chi connectivity index (χ2n) is 3.88. The van der Waals surface area contributed by atoms with Gasteiger partial charge in [-0.05, 0) is 36.5 Å². The first-order chi connectivity index (χ1) is 6.68. The average Bonchev–Trinajstić information content (AvgIpc) is 2.00. The molecule has 1 aliphatic rings. The first-order valence-electron chi connectivity index (χ1n) is 4.89. The molecule has 1 atom stereocenters. The fourth-order valence-corrected chi connectivity index (χ4v) is 2.12. The predicted octanol–water partition coefficient (Wildman–Crippen LogP) is 3.28. The lowest BCUT2D eigenvalue weighted by atomic mass is 9.77. The number of nitrogens with two attached hydrogens (primary N) is 1. The molecule has 0 aromatic heterocycles. The molecule has 0 unspecified atom stereocenters. The van der Waals surface area contributed by atoms with Crippen molar-refractivity contribution in [1.82, 2.24) is 0 Å². The van der Waals surface area contributed by atoms with E-state index in [-0.39, 0.29) is 11.9 Å². The van der Waals surface area contributed by atoms with Gasteiger partial charge in [-0.2, -0.15) is 0 Å². The number of hydrogen-bond acceptors (Lipinski definition) is 1. The smallest absolute Gasteiger partial charge is 0.124 e. The first-order valence-corrected chi connectivity index (χ1v) is 5.27. The molecule has 0 aliphatic heterocycles. The van der Waals surface area contributed by atoms with Crippen molar-refractivity contribution < 1.29 is 4.39 Å². The van der Waals surface area contributed by atoms with Crippen LogP contribution >= 0.6 is 11.6 Å². The largest absolute Gasteiger partial charge is 0.324 e. The summed E-state index contributed by atoms with van der Waals surface area (Å²) in [5.74, 6) is 0.220. The molecule has 1 aromatic carbocycles. The fourth-order valence-electron chi connectivity index (χ4n) is 1.82. The Bertz CT molecular complexity index is 336. The molecule has 1 aromatic rings. The van der Waals surface area contributed by atoms with Crippen LogP contribution in [-0.2, 0) is 0 Å². The van der Waals surface area contributed by atoms with E-state index in [0.717, 1.165) is 18.4 Å². The molecule has 0 amide bonds. The van der Waals surface area contributed by atoms with Gasteiger partial charge in [0.05, 0.1) is 0 Å². The summed E-state index contributed by atoms with van der Waals surface area (Å²) in [5, 5.41) is 0.449. The van der Waals surface area contributed by atoms with Crippen molar-refractivity contribution in [2.75, 3.05) is 0 Å². The highest BCUT2D eigenvalue weighted by Gasteiger charge is 2.26. The molecule has 1 nitrogen and oxygen atoms in total. The molecule has 0 spiro atoms. The van der Waals surface area contributed by atoms with Crippen molar-refractivity contribution in [1.29, 1.82) is 0 Å². The summed E-state index contributed by atoms with van der Waals surface area (Å²) in [4.78, 5) is 0. The monoisotopic (exact) mass is 213 g/mol. The van der Waals surface area contributed by atoms with E-state index in [2.05, 4.69) is 0 Å². The second-order valence-corrected chi connectivity index (χ2v) is 4.29. The van der Waals surface area contributed by atoms with Crippen molar-refractivity contribution in [2.24, 2.45) is 11.7 Å². The Labute approximate surface area is 88.1 Å². The highest BCUT2D eigenvalue weighted by Crippen LogP contribution is 2.38. The summed E-state index contributed by atoms with van der Waals surface area (Å²) >= 11 is 5.93. The Kier molecular flexibility index (Phi) is 2.75. The third-order valence-corrected chi connectivity index (χ3v) is 3.31. The van der Waals surface area contributed by atoms with Crippen LogP contribution in [0, 0.1) is 11.7 Å². The third kappa shape index (κ3) is 1.77. The van der Waals surface area contributed by atoms with Crippen molar-refractivity contribution >= 4 is 11.6 Å². The van der Waals surface area contributed by atoms with E-state index in [0.29, 0.717) is 10.9 Å². The van der Waals surface area contributed by atoms with Gasteiger partial charge in [-0.3, -0.25) is 0 Å². The maximum absolute atomic E-state index is 12.8. The zero-order chi connectivity index (χ0) is 10.1. The molecule has 2 N–H and O–H groups in total. The van der Waals surface area contributed by atoms with E-state index in [4.69, 9.17) is 17.3 Å². The summed E-state index contributed by atoms with van der Waals surface area (Å²) in [6.07, 6.45) is 3.57. The first kappa shape index (κ1) is 9.94. The lowest BCUT2D eigenvalue weighted by Crippen LogP contribution is -2.27. The van der Waals surface area contributed by atoms with Gasteiger partial charge < -0.3 is 5.73 Å². The van der Waals surface area contributed by atoms with E-state index < -0.39 is 0 Å². The minimum Gasteiger partial charge on any atom is -0.324 e. The molecule has 3 heteroatoms. The van der Waals surface area contributed by atoms with Gasteiger partial charge in [-0.1, -0.05) is 24.1 Å². The van der Waals surface area contributed by atoms with Crippen LogP contribution in [0.15, 0.2) is 18.2 Å². The van der Waals surface area contributed by atoms with Crippen molar-refractivity contribution in [3.05, 3.63) is 34.6 Å². The van der Waals surface area contributed by atoms with Crippen molar-refractivity contribution in [2.45, 2.75) is 25.3 Å². The van der Waals surface area contributed by atoms with Crippen LogP contribution in [-0.4, -0.2) is 0 Å². The molecular formula is C11H13ClFN. The molecule has 76 valence electrons. The SMILES string of the molecule is N[C@@H](c1ccc(F)cc1Cl)C1CCC1. The average molecular weight is 214 g/mol. The number of benzene rings is 1. The third-order valence-electron chi connectivity index (χ3n) is 2.98. The van der Waals surface area contributed by atoms with E-state index in [1.54, 1.807) is 6.07 Å². The van der Waals surface area contributed by atoms with Gasteiger partial charge in [0.25, 0.3) is 0 Å². The normalized spacial score (nSPS) is 19.1. The maximum Gasteiger partial charge on any atom is 0.124 e. The van der Waals surface area contributed by atoms with Crippen LogP contribution in [0.25, 0.3) is 0 Å². The Hall–Kier alpha value is -0.600. The van der Waals surface area contributed by atoms with Gasteiger partial charge in [0.2, 0.25) is 0 Å². The molecule has 14 heavy (non-hydrogen) atoms. The van der Waals surface area contributed by atoms with Gasteiger partial charge >= 0.3 is 0 Å². The summed E-state index contributed by atoms with van der Waals surface area (Å²) < 4.78 is 12.8. The minimum atomic E-state index is -0.306. The molecular weight excluding hydrogens is 201 g/mol. The van der Waals surface area contributed by atoms with Crippen LogP contribution in [0.4, 0.5) is 4.39 Å². The summed E-state index contributed by atoms with van der Waals surface area (Å²) in [6, 6.07) is 4.41. The van der Waals surface area contributed by atoms with Gasteiger partial charge in [0.1, 0.15) is 5.82 Å². The highest BCUT2D eigenvalue weighted by molar-refractivity contribution is 6.31. The van der Waals surface area contributed by atoms with Crippen LogP contribution in [0.2, 0.25) is 5.02 Å². The van der Waals surface area contributed by atoms with Crippen LogP contribution in [0.5, 0.6) is 0 Å². The quantitative estimate of drug-likeness (QED) is 0.802. The van der Waals surface area contributed by atoms with Gasteiger partial charge in [0.15, 0.2) is 0 Å². The van der Waals surface area contributed by atoms with Crippen LogP contribution in [0.3, 0.4) is 0 Å². The molecule has 2 rings (SSSR count). The van der Waals surface area contributed by atoms with Gasteiger partial charge in [-0.15, -0.1) is 0 Å².